The number of amides is 1. The third-order valence-electron chi connectivity index (χ3n) is 4.17. The van der Waals surface area contributed by atoms with E-state index in [1.54, 1.807) is 12.1 Å². The van der Waals surface area contributed by atoms with E-state index in [0.717, 1.165) is 12.3 Å². The smallest absolute Gasteiger partial charge is 0.253 e. The predicted molar refractivity (Wildman–Crippen MR) is 68.2 cm³/mol. The molecule has 3 heteroatoms. The fourth-order valence-corrected chi connectivity index (χ4v) is 3.53. The second kappa shape index (κ2) is 4.34. The lowest BCUT2D eigenvalue weighted by molar-refractivity contribution is 0.0923. The summed E-state index contributed by atoms with van der Waals surface area (Å²) in [6.07, 6.45) is 5.08. The van der Waals surface area contributed by atoms with Gasteiger partial charge in [-0.15, -0.1) is 0 Å². The summed E-state index contributed by atoms with van der Waals surface area (Å²) in [6.45, 7) is 0. The number of carbonyl (C=O) groups is 1. The lowest BCUT2D eigenvalue weighted by atomic mass is 9.95. The highest BCUT2D eigenvalue weighted by atomic mass is 35.5. The van der Waals surface area contributed by atoms with Crippen molar-refractivity contribution in [2.45, 2.75) is 31.7 Å². The summed E-state index contributed by atoms with van der Waals surface area (Å²) in [7, 11) is 0. The first-order chi connectivity index (χ1) is 8.24. The first-order valence-corrected chi connectivity index (χ1v) is 6.67. The molecule has 1 aromatic rings. The maximum atomic E-state index is 12.1. The van der Waals surface area contributed by atoms with Crippen LogP contribution in [-0.4, -0.2) is 11.9 Å². The second-order valence-electron chi connectivity index (χ2n) is 5.23. The zero-order valence-electron chi connectivity index (χ0n) is 9.66. The zero-order valence-corrected chi connectivity index (χ0v) is 10.4. The normalized spacial score (nSPS) is 30.5. The van der Waals surface area contributed by atoms with Gasteiger partial charge in [-0.1, -0.05) is 30.2 Å². The molecule has 0 unspecified atom stereocenters. The van der Waals surface area contributed by atoms with Crippen LogP contribution in [0.25, 0.3) is 0 Å². The summed E-state index contributed by atoms with van der Waals surface area (Å²) in [5.74, 6) is 1.52. The average Bonchev–Trinajstić information content (AvgIpc) is 2.91. The van der Waals surface area contributed by atoms with E-state index in [1.165, 1.54) is 19.3 Å². The Hall–Kier alpha value is -1.02. The van der Waals surface area contributed by atoms with Crippen molar-refractivity contribution in [2.75, 3.05) is 0 Å². The van der Waals surface area contributed by atoms with Crippen LogP contribution in [0.3, 0.4) is 0 Å². The van der Waals surface area contributed by atoms with Crippen LogP contribution in [0.2, 0.25) is 5.02 Å². The van der Waals surface area contributed by atoms with E-state index in [2.05, 4.69) is 5.32 Å². The fourth-order valence-electron chi connectivity index (χ4n) is 3.31. The molecule has 2 saturated carbocycles. The SMILES string of the molecule is O=C(N[C@@H]1C[C@@H]2CC[C@H]1C2)c1ccccc1Cl. The van der Waals surface area contributed by atoms with Gasteiger partial charge in [0.2, 0.25) is 0 Å². The van der Waals surface area contributed by atoms with E-state index in [9.17, 15) is 4.79 Å². The summed E-state index contributed by atoms with van der Waals surface area (Å²) in [5.41, 5.74) is 0.594. The van der Waals surface area contributed by atoms with E-state index >= 15 is 0 Å². The highest BCUT2D eigenvalue weighted by molar-refractivity contribution is 6.33. The Balaban J connectivity index is 1.70. The van der Waals surface area contributed by atoms with Gasteiger partial charge < -0.3 is 5.32 Å². The van der Waals surface area contributed by atoms with Crippen LogP contribution in [0, 0.1) is 11.8 Å². The highest BCUT2D eigenvalue weighted by Crippen LogP contribution is 2.44. The molecule has 0 spiro atoms. The molecule has 2 bridgehead atoms. The summed E-state index contributed by atoms with van der Waals surface area (Å²) in [6, 6.07) is 7.61. The standard InChI is InChI=1S/C14H16ClNO/c15-12-4-2-1-3-11(12)14(17)16-13-8-9-5-6-10(13)7-9/h1-4,9-10,13H,5-8H2,(H,16,17)/t9-,10+,13-/m1/s1. The number of halogens is 1. The fraction of sp³-hybridized carbons (Fsp3) is 0.500. The largest absolute Gasteiger partial charge is 0.349 e. The molecule has 0 aromatic heterocycles. The molecule has 90 valence electrons. The molecule has 3 rings (SSSR count). The average molecular weight is 250 g/mol. The van der Waals surface area contributed by atoms with Gasteiger partial charge in [-0.2, -0.15) is 0 Å². The van der Waals surface area contributed by atoms with E-state index in [-0.39, 0.29) is 5.91 Å². The lowest BCUT2D eigenvalue weighted by Crippen LogP contribution is -2.38. The molecular weight excluding hydrogens is 234 g/mol. The maximum Gasteiger partial charge on any atom is 0.253 e. The van der Waals surface area contributed by atoms with Crippen molar-refractivity contribution >= 4 is 17.5 Å². The van der Waals surface area contributed by atoms with E-state index in [4.69, 9.17) is 11.6 Å². The Kier molecular flexibility index (Phi) is 2.83. The molecule has 0 aliphatic heterocycles. The first kappa shape index (κ1) is 11.1. The number of hydrogen-bond acceptors (Lipinski definition) is 1. The minimum absolute atomic E-state index is 0.0202. The molecular formula is C14H16ClNO. The maximum absolute atomic E-state index is 12.1. The summed E-state index contributed by atoms with van der Waals surface area (Å²) in [5, 5.41) is 3.68. The Morgan fingerprint density at radius 2 is 2.06 bits per heavy atom. The summed E-state index contributed by atoms with van der Waals surface area (Å²) >= 11 is 6.02. The summed E-state index contributed by atoms with van der Waals surface area (Å²) < 4.78 is 0. The van der Waals surface area contributed by atoms with Gasteiger partial charge >= 0.3 is 0 Å². The Morgan fingerprint density at radius 1 is 1.24 bits per heavy atom. The Morgan fingerprint density at radius 3 is 2.71 bits per heavy atom. The number of nitrogens with one attached hydrogen (secondary N) is 1. The van der Waals surface area contributed by atoms with Crippen LogP contribution >= 0.6 is 11.6 Å². The first-order valence-electron chi connectivity index (χ1n) is 6.29. The van der Waals surface area contributed by atoms with E-state index < -0.39 is 0 Å². The van der Waals surface area contributed by atoms with Crippen molar-refractivity contribution in [3.8, 4) is 0 Å². The molecule has 0 heterocycles. The van der Waals surface area contributed by atoms with Crippen molar-refractivity contribution in [3.05, 3.63) is 34.9 Å². The summed E-state index contributed by atoms with van der Waals surface area (Å²) in [4.78, 5) is 12.1. The second-order valence-corrected chi connectivity index (χ2v) is 5.64. The molecule has 2 aliphatic carbocycles. The number of carbonyl (C=O) groups excluding carboxylic acids is 1. The minimum atomic E-state index is -0.0202. The van der Waals surface area contributed by atoms with Gasteiger partial charge in [0.25, 0.3) is 5.91 Å². The van der Waals surface area contributed by atoms with E-state index in [1.807, 2.05) is 12.1 Å². The van der Waals surface area contributed by atoms with Gasteiger partial charge in [0, 0.05) is 6.04 Å². The van der Waals surface area contributed by atoms with Gasteiger partial charge in [-0.25, -0.2) is 0 Å². The van der Waals surface area contributed by atoms with Crippen molar-refractivity contribution in [1.29, 1.82) is 0 Å². The van der Waals surface area contributed by atoms with Crippen LogP contribution in [0.5, 0.6) is 0 Å². The lowest BCUT2D eigenvalue weighted by Gasteiger charge is -2.23. The van der Waals surface area contributed by atoms with Crippen LogP contribution < -0.4 is 5.32 Å². The van der Waals surface area contributed by atoms with Crippen LogP contribution in [0.1, 0.15) is 36.0 Å². The number of fused-ring (bicyclic) bond motifs is 2. The predicted octanol–water partition coefficient (Wildman–Crippen LogP) is 3.26. The van der Waals surface area contributed by atoms with Gasteiger partial charge in [0.15, 0.2) is 0 Å². The van der Waals surface area contributed by atoms with Crippen molar-refractivity contribution < 1.29 is 4.79 Å². The van der Waals surface area contributed by atoms with Crippen molar-refractivity contribution in [2.24, 2.45) is 11.8 Å². The third-order valence-corrected chi connectivity index (χ3v) is 4.50. The van der Waals surface area contributed by atoms with Gasteiger partial charge in [0.05, 0.1) is 10.6 Å². The molecule has 2 fully saturated rings. The molecule has 2 nitrogen and oxygen atoms in total. The molecule has 1 aromatic carbocycles. The van der Waals surface area contributed by atoms with Crippen LogP contribution in [0.15, 0.2) is 24.3 Å². The molecule has 2 aliphatic rings. The van der Waals surface area contributed by atoms with E-state index in [0.29, 0.717) is 22.5 Å². The molecule has 0 saturated heterocycles. The highest BCUT2D eigenvalue weighted by Gasteiger charge is 2.40. The Bertz CT molecular complexity index is 446. The quantitative estimate of drug-likeness (QED) is 0.857. The van der Waals surface area contributed by atoms with Crippen LogP contribution in [-0.2, 0) is 0 Å². The Labute approximate surface area is 106 Å². The number of benzene rings is 1. The molecule has 0 radical (unpaired) electrons. The monoisotopic (exact) mass is 249 g/mol. The van der Waals surface area contributed by atoms with Gasteiger partial charge in [-0.3, -0.25) is 4.79 Å². The van der Waals surface area contributed by atoms with Gasteiger partial charge in [0.1, 0.15) is 0 Å². The topological polar surface area (TPSA) is 29.1 Å². The zero-order chi connectivity index (χ0) is 11.8. The molecule has 17 heavy (non-hydrogen) atoms. The van der Waals surface area contributed by atoms with Crippen molar-refractivity contribution in [1.82, 2.24) is 5.32 Å². The number of hydrogen-bond donors (Lipinski definition) is 1. The number of rotatable bonds is 2. The molecule has 1 amide bonds. The van der Waals surface area contributed by atoms with Crippen molar-refractivity contribution in [3.63, 3.8) is 0 Å². The van der Waals surface area contributed by atoms with Gasteiger partial charge in [-0.05, 0) is 43.2 Å². The molecule has 3 atom stereocenters. The molecule has 1 N–H and O–H groups in total. The third kappa shape index (κ3) is 2.06. The minimum Gasteiger partial charge on any atom is -0.349 e. The van der Waals surface area contributed by atoms with Crippen LogP contribution in [0.4, 0.5) is 0 Å².